The van der Waals surface area contributed by atoms with Gasteiger partial charge < -0.3 is 15.4 Å². The Morgan fingerprint density at radius 3 is 2.33 bits per heavy atom. The standard InChI is InChI=1S/C20H29ClN2O4/c1-7-8-16(23-19(26)27-20(4,5)6)18(25)22-15-10-9-13(21)11-14(15)17(24)12(2)3/h9-12,16H,7-8H2,1-6H3,(H,22,25)(H,23,26). The van der Waals surface area contributed by atoms with E-state index in [1.807, 2.05) is 6.92 Å². The number of ether oxygens (including phenoxy) is 1. The molecule has 1 aromatic rings. The van der Waals surface area contributed by atoms with Crippen LogP contribution in [-0.2, 0) is 9.53 Å². The highest BCUT2D eigenvalue weighted by Crippen LogP contribution is 2.24. The van der Waals surface area contributed by atoms with Crippen molar-refractivity contribution in [1.29, 1.82) is 0 Å². The lowest BCUT2D eigenvalue weighted by atomic mass is 9.99. The minimum Gasteiger partial charge on any atom is -0.444 e. The summed E-state index contributed by atoms with van der Waals surface area (Å²) in [6.45, 7) is 10.7. The van der Waals surface area contributed by atoms with Gasteiger partial charge >= 0.3 is 6.09 Å². The van der Waals surface area contributed by atoms with Crippen LogP contribution >= 0.6 is 11.6 Å². The summed E-state index contributed by atoms with van der Waals surface area (Å²) in [5.41, 5.74) is 0.0539. The number of Topliss-reactive ketones (excluding diaryl/α,β-unsaturated/α-hetero) is 1. The van der Waals surface area contributed by atoms with E-state index in [4.69, 9.17) is 16.3 Å². The third kappa shape index (κ3) is 7.59. The number of benzene rings is 1. The molecule has 2 N–H and O–H groups in total. The predicted molar refractivity (Wildman–Crippen MR) is 107 cm³/mol. The Hall–Kier alpha value is -2.08. The van der Waals surface area contributed by atoms with Crippen LogP contribution in [0.4, 0.5) is 10.5 Å². The van der Waals surface area contributed by atoms with Crippen molar-refractivity contribution >= 4 is 35.1 Å². The molecule has 2 amide bonds. The van der Waals surface area contributed by atoms with E-state index in [1.165, 1.54) is 6.07 Å². The van der Waals surface area contributed by atoms with Gasteiger partial charge in [-0.3, -0.25) is 9.59 Å². The largest absolute Gasteiger partial charge is 0.444 e. The highest BCUT2D eigenvalue weighted by atomic mass is 35.5. The van der Waals surface area contributed by atoms with Crippen LogP contribution < -0.4 is 10.6 Å². The molecule has 0 aliphatic carbocycles. The molecule has 0 saturated heterocycles. The molecule has 0 spiro atoms. The Morgan fingerprint density at radius 2 is 1.81 bits per heavy atom. The molecular weight excluding hydrogens is 368 g/mol. The zero-order valence-electron chi connectivity index (χ0n) is 16.8. The number of nitrogens with one attached hydrogen (secondary N) is 2. The Labute approximate surface area is 166 Å². The Bertz CT molecular complexity index is 696. The summed E-state index contributed by atoms with van der Waals surface area (Å²) in [6.07, 6.45) is 0.462. The van der Waals surface area contributed by atoms with Crippen LogP contribution in [0, 0.1) is 5.92 Å². The molecule has 1 rings (SSSR count). The molecule has 1 aromatic carbocycles. The van der Waals surface area contributed by atoms with E-state index < -0.39 is 23.6 Å². The highest BCUT2D eigenvalue weighted by Gasteiger charge is 2.25. The van der Waals surface area contributed by atoms with Crippen molar-refractivity contribution in [2.45, 2.75) is 66.0 Å². The third-order valence-electron chi connectivity index (χ3n) is 3.61. The fourth-order valence-electron chi connectivity index (χ4n) is 2.37. The first-order valence-corrected chi connectivity index (χ1v) is 9.46. The molecule has 0 aromatic heterocycles. The number of carbonyl (C=O) groups excluding carboxylic acids is 3. The van der Waals surface area contributed by atoms with Gasteiger partial charge in [-0.2, -0.15) is 0 Å². The van der Waals surface area contributed by atoms with Crippen molar-refractivity contribution in [2.24, 2.45) is 5.92 Å². The first-order chi connectivity index (χ1) is 12.4. The van der Waals surface area contributed by atoms with Crippen LogP contribution in [0.2, 0.25) is 5.02 Å². The van der Waals surface area contributed by atoms with E-state index in [2.05, 4.69) is 10.6 Å². The molecule has 6 nitrogen and oxygen atoms in total. The number of amides is 2. The Kier molecular flexibility index (Phi) is 8.28. The summed E-state index contributed by atoms with van der Waals surface area (Å²) in [4.78, 5) is 37.2. The summed E-state index contributed by atoms with van der Waals surface area (Å²) in [5, 5.41) is 5.74. The molecule has 0 fully saturated rings. The summed E-state index contributed by atoms with van der Waals surface area (Å²) < 4.78 is 5.22. The topological polar surface area (TPSA) is 84.5 Å². The molecule has 1 atom stereocenters. The van der Waals surface area contributed by atoms with E-state index >= 15 is 0 Å². The smallest absolute Gasteiger partial charge is 0.408 e. The van der Waals surface area contributed by atoms with Crippen molar-refractivity contribution in [3.63, 3.8) is 0 Å². The van der Waals surface area contributed by atoms with E-state index in [9.17, 15) is 14.4 Å². The van der Waals surface area contributed by atoms with E-state index in [1.54, 1.807) is 46.8 Å². The van der Waals surface area contributed by atoms with Crippen molar-refractivity contribution in [3.8, 4) is 0 Å². The van der Waals surface area contributed by atoms with Crippen LogP contribution in [-0.4, -0.2) is 29.4 Å². The number of hydrogen-bond donors (Lipinski definition) is 2. The van der Waals surface area contributed by atoms with E-state index in [0.717, 1.165) is 0 Å². The van der Waals surface area contributed by atoms with Gasteiger partial charge in [0.05, 0.1) is 5.69 Å². The third-order valence-corrected chi connectivity index (χ3v) is 3.85. The lowest BCUT2D eigenvalue weighted by molar-refractivity contribution is -0.118. The highest BCUT2D eigenvalue weighted by molar-refractivity contribution is 6.31. The van der Waals surface area contributed by atoms with Crippen LogP contribution in [0.5, 0.6) is 0 Å². The summed E-state index contributed by atoms with van der Waals surface area (Å²) in [7, 11) is 0. The average Bonchev–Trinajstić information content (AvgIpc) is 2.53. The molecule has 0 aliphatic heterocycles. The van der Waals surface area contributed by atoms with Gasteiger partial charge in [0, 0.05) is 16.5 Å². The van der Waals surface area contributed by atoms with Crippen molar-refractivity contribution in [1.82, 2.24) is 5.32 Å². The summed E-state index contributed by atoms with van der Waals surface area (Å²) >= 11 is 6.01. The molecule has 0 aliphatic rings. The fourth-order valence-corrected chi connectivity index (χ4v) is 2.54. The normalized spacial score (nSPS) is 12.4. The van der Waals surface area contributed by atoms with Gasteiger partial charge in [0.1, 0.15) is 11.6 Å². The SMILES string of the molecule is CCCC(NC(=O)OC(C)(C)C)C(=O)Nc1ccc(Cl)cc1C(=O)C(C)C. The predicted octanol–water partition coefficient (Wildman–Crippen LogP) is 4.81. The Balaban J connectivity index is 2.99. The van der Waals surface area contributed by atoms with Crippen LogP contribution in [0.3, 0.4) is 0 Å². The van der Waals surface area contributed by atoms with Crippen LogP contribution in [0.1, 0.15) is 64.7 Å². The monoisotopic (exact) mass is 396 g/mol. The zero-order valence-corrected chi connectivity index (χ0v) is 17.6. The second-order valence-electron chi connectivity index (χ2n) is 7.69. The molecule has 0 saturated carbocycles. The van der Waals surface area contributed by atoms with Gasteiger partial charge in [-0.1, -0.05) is 38.8 Å². The van der Waals surface area contributed by atoms with Gasteiger partial charge in [-0.15, -0.1) is 0 Å². The van der Waals surface area contributed by atoms with Crippen LogP contribution in [0.25, 0.3) is 0 Å². The lowest BCUT2D eigenvalue weighted by Gasteiger charge is -2.23. The van der Waals surface area contributed by atoms with Crippen LogP contribution in [0.15, 0.2) is 18.2 Å². The molecule has 1 unspecified atom stereocenters. The molecule has 7 heteroatoms. The minimum absolute atomic E-state index is 0.125. The number of rotatable bonds is 7. The second kappa shape index (κ2) is 9.74. The van der Waals surface area contributed by atoms with Gasteiger partial charge in [-0.05, 0) is 45.4 Å². The molecule has 0 heterocycles. The van der Waals surface area contributed by atoms with E-state index in [0.29, 0.717) is 29.1 Å². The number of carbonyl (C=O) groups is 3. The van der Waals surface area contributed by atoms with Crippen molar-refractivity contribution < 1.29 is 19.1 Å². The average molecular weight is 397 g/mol. The second-order valence-corrected chi connectivity index (χ2v) is 8.12. The summed E-state index contributed by atoms with van der Waals surface area (Å²) in [6, 6.07) is 3.95. The maximum Gasteiger partial charge on any atom is 0.408 e. The summed E-state index contributed by atoms with van der Waals surface area (Å²) in [5.74, 6) is -0.784. The zero-order chi connectivity index (χ0) is 20.8. The maximum absolute atomic E-state index is 12.7. The molecule has 0 bridgehead atoms. The molecule has 0 radical (unpaired) electrons. The molecule has 150 valence electrons. The fraction of sp³-hybridized carbons (Fsp3) is 0.550. The molecular formula is C20H29ClN2O4. The number of hydrogen-bond acceptors (Lipinski definition) is 4. The number of alkyl carbamates (subject to hydrolysis) is 1. The lowest BCUT2D eigenvalue weighted by Crippen LogP contribution is -2.45. The number of ketones is 1. The van der Waals surface area contributed by atoms with Gasteiger partial charge in [0.2, 0.25) is 5.91 Å². The van der Waals surface area contributed by atoms with Gasteiger partial charge in [-0.25, -0.2) is 4.79 Å². The van der Waals surface area contributed by atoms with Crippen molar-refractivity contribution in [2.75, 3.05) is 5.32 Å². The first kappa shape index (κ1) is 23.0. The van der Waals surface area contributed by atoms with Gasteiger partial charge in [0.25, 0.3) is 0 Å². The van der Waals surface area contributed by atoms with Crippen molar-refractivity contribution in [3.05, 3.63) is 28.8 Å². The van der Waals surface area contributed by atoms with E-state index in [-0.39, 0.29) is 11.7 Å². The number of halogens is 1. The van der Waals surface area contributed by atoms with Gasteiger partial charge in [0.15, 0.2) is 5.78 Å². The quantitative estimate of drug-likeness (QED) is 0.647. The number of anilines is 1. The minimum atomic E-state index is -0.775. The Morgan fingerprint density at radius 1 is 1.19 bits per heavy atom. The molecule has 27 heavy (non-hydrogen) atoms. The first-order valence-electron chi connectivity index (χ1n) is 9.08. The maximum atomic E-state index is 12.7.